The van der Waals surface area contributed by atoms with Crippen LogP contribution in [0.5, 0.6) is 0 Å². The Morgan fingerprint density at radius 3 is 3.14 bits per heavy atom. The van der Waals surface area contributed by atoms with Gasteiger partial charge in [0.05, 0.1) is 5.03 Å². The number of thioether (sulfide) groups is 1. The molecule has 1 aliphatic heterocycles. The summed E-state index contributed by atoms with van der Waals surface area (Å²) in [6.45, 7) is 3.65. The molecule has 0 amide bonds. The average molecular weight is 114 g/mol. The van der Waals surface area contributed by atoms with Crippen molar-refractivity contribution >= 4 is 18.0 Å². The van der Waals surface area contributed by atoms with Crippen molar-refractivity contribution in [2.75, 3.05) is 5.75 Å². The molecule has 7 heavy (non-hydrogen) atoms. The molecule has 0 bridgehead atoms. The fourth-order valence-corrected chi connectivity index (χ4v) is 0.793. The summed E-state index contributed by atoms with van der Waals surface area (Å²) in [6, 6.07) is 0. The van der Waals surface area contributed by atoms with E-state index >= 15 is 0 Å². The number of nitrogens with zero attached hydrogens (tertiary/aromatic N) is 1. The van der Waals surface area contributed by atoms with Crippen molar-refractivity contribution in [1.29, 1.82) is 0 Å². The predicted molar refractivity (Wildman–Crippen MR) is 33.2 cm³/mol. The first-order chi connectivity index (χ1) is 3.39. The molecule has 0 unspecified atom stereocenters. The molecule has 0 aliphatic carbocycles. The minimum Gasteiger partial charge on any atom is -0.273 e. The van der Waals surface area contributed by atoms with Gasteiger partial charge in [0.2, 0.25) is 0 Å². The minimum atomic E-state index is 0.933. The highest BCUT2D eigenvalue weighted by Gasteiger charge is 1.93. The topological polar surface area (TPSA) is 24.4 Å². The molecule has 2 nitrogen and oxygen atoms in total. The minimum absolute atomic E-state index is 0.933. The Hall–Kier alpha value is -0.440. The standard InChI is InChI=1S/C4H6N2S/c1-4-6-5-2-3-7-4/h2,6H,1,3H2. The lowest BCUT2D eigenvalue weighted by Crippen LogP contribution is -2.07. The average Bonchev–Trinajstić information content (AvgIpc) is 1.69. The van der Waals surface area contributed by atoms with Gasteiger partial charge in [-0.2, -0.15) is 5.10 Å². The number of nitrogens with one attached hydrogen (secondary N) is 1. The summed E-state index contributed by atoms with van der Waals surface area (Å²) in [5.74, 6) is 0.950. The summed E-state index contributed by atoms with van der Waals surface area (Å²) in [6.07, 6.45) is 1.82. The van der Waals surface area contributed by atoms with Crippen molar-refractivity contribution < 1.29 is 0 Å². The zero-order valence-corrected chi connectivity index (χ0v) is 4.66. The maximum Gasteiger partial charge on any atom is 0.0823 e. The summed E-state index contributed by atoms with van der Waals surface area (Å²) in [5, 5.41) is 4.70. The van der Waals surface area contributed by atoms with E-state index in [1.807, 2.05) is 6.21 Å². The Bertz CT molecular complexity index is 108. The molecule has 1 aliphatic rings. The smallest absolute Gasteiger partial charge is 0.0823 e. The van der Waals surface area contributed by atoms with Crippen LogP contribution < -0.4 is 5.43 Å². The van der Waals surface area contributed by atoms with Crippen LogP contribution in [0.3, 0.4) is 0 Å². The third kappa shape index (κ3) is 1.23. The summed E-state index contributed by atoms with van der Waals surface area (Å²) >= 11 is 1.66. The first kappa shape index (κ1) is 4.71. The van der Waals surface area contributed by atoms with Gasteiger partial charge in [0.1, 0.15) is 0 Å². The lowest BCUT2D eigenvalue weighted by Gasteiger charge is -2.04. The van der Waals surface area contributed by atoms with Crippen LogP contribution in [0.25, 0.3) is 0 Å². The molecule has 0 fully saturated rings. The molecule has 0 aromatic carbocycles. The molecule has 0 spiro atoms. The predicted octanol–water partition coefficient (Wildman–Crippen LogP) is 0.780. The van der Waals surface area contributed by atoms with Gasteiger partial charge in [0.25, 0.3) is 0 Å². The van der Waals surface area contributed by atoms with Crippen LogP contribution in [0.4, 0.5) is 0 Å². The first-order valence-electron chi connectivity index (χ1n) is 1.99. The summed E-state index contributed by atoms with van der Waals surface area (Å²) < 4.78 is 0. The third-order valence-electron chi connectivity index (χ3n) is 0.613. The van der Waals surface area contributed by atoms with Gasteiger partial charge in [-0.15, -0.1) is 11.8 Å². The van der Waals surface area contributed by atoms with Gasteiger partial charge in [-0.1, -0.05) is 6.58 Å². The van der Waals surface area contributed by atoms with Crippen LogP contribution >= 0.6 is 11.8 Å². The SMILES string of the molecule is C=C1NN=CCS1. The maximum absolute atomic E-state index is 3.76. The Balaban J connectivity index is 2.47. The molecular weight excluding hydrogens is 108 g/mol. The van der Waals surface area contributed by atoms with E-state index in [2.05, 4.69) is 17.1 Å². The Kier molecular flexibility index (Phi) is 1.36. The molecule has 0 aromatic rings. The van der Waals surface area contributed by atoms with E-state index in [0.717, 1.165) is 10.8 Å². The van der Waals surface area contributed by atoms with Crippen LogP contribution in [-0.2, 0) is 0 Å². The van der Waals surface area contributed by atoms with Gasteiger partial charge in [0, 0.05) is 12.0 Å². The highest BCUT2D eigenvalue weighted by atomic mass is 32.2. The van der Waals surface area contributed by atoms with Crippen LogP contribution in [0, 0.1) is 0 Å². The molecule has 1 N–H and O–H groups in total. The monoisotopic (exact) mass is 114 g/mol. The van der Waals surface area contributed by atoms with Crippen LogP contribution in [0.1, 0.15) is 0 Å². The lowest BCUT2D eigenvalue weighted by atomic mass is 10.9. The zero-order valence-electron chi connectivity index (χ0n) is 3.85. The first-order valence-corrected chi connectivity index (χ1v) is 2.97. The van der Waals surface area contributed by atoms with Gasteiger partial charge in [-0.05, 0) is 0 Å². The van der Waals surface area contributed by atoms with Crippen LogP contribution in [-0.4, -0.2) is 12.0 Å². The molecule has 38 valence electrons. The molecular formula is C4H6N2S. The Labute approximate surface area is 46.7 Å². The summed E-state index contributed by atoms with van der Waals surface area (Å²) in [5.41, 5.74) is 2.72. The molecule has 1 heterocycles. The lowest BCUT2D eigenvalue weighted by molar-refractivity contribution is 0.954. The third-order valence-corrected chi connectivity index (χ3v) is 1.37. The Morgan fingerprint density at radius 1 is 2.00 bits per heavy atom. The van der Waals surface area contributed by atoms with Crippen LogP contribution in [0.15, 0.2) is 16.7 Å². The molecule has 0 saturated heterocycles. The van der Waals surface area contributed by atoms with Gasteiger partial charge < -0.3 is 0 Å². The van der Waals surface area contributed by atoms with E-state index in [1.165, 1.54) is 0 Å². The number of hydrogen-bond acceptors (Lipinski definition) is 3. The van der Waals surface area contributed by atoms with E-state index in [1.54, 1.807) is 11.8 Å². The van der Waals surface area contributed by atoms with E-state index in [0.29, 0.717) is 0 Å². The van der Waals surface area contributed by atoms with E-state index < -0.39 is 0 Å². The fourth-order valence-electron chi connectivity index (χ4n) is 0.325. The second-order valence-electron chi connectivity index (χ2n) is 1.16. The van der Waals surface area contributed by atoms with Gasteiger partial charge in [0.15, 0.2) is 0 Å². The van der Waals surface area contributed by atoms with Crippen molar-refractivity contribution in [3.05, 3.63) is 11.6 Å². The summed E-state index contributed by atoms with van der Waals surface area (Å²) in [4.78, 5) is 0. The number of rotatable bonds is 0. The second kappa shape index (κ2) is 2.02. The maximum atomic E-state index is 3.76. The second-order valence-corrected chi connectivity index (χ2v) is 2.27. The van der Waals surface area contributed by atoms with Crippen molar-refractivity contribution in [3.8, 4) is 0 Å². The highest BCUT2D eigenvalue weighted by molar-refractivity contribution is 8.03. The Morgan fingerprint density at radius 2 is 2.86 bits per heavy atom. The molecule has 3 heteroatoms. The molecule has 1 rings (SSSR count). The van der Waals surface area contributed by atoms with E-state index in [4.69, 9.17) is 0 Å². The molecule has 0 radical (unpaired) electrons. The highest BCUT2D eigenvalue weighted by Crippen LogP contribution is 2.10. The summed E-state index contributed by atoms with van der Waals surface area (Å²) in [7, 11) is 0. The largest absolute Gasteiger partial charge is 0.273 e. The van der Waals surface area contributed by atoms with Crippen molar-refractivity contribution in [1.82, 2.24) is 5.43 Å². The number of hydrogen-bond donors (Lipinski definition) is 1. The van der Waals surface area contributed by atoms with Gasteiger partial charge in [-0.25, -0.2) is 0 Å². The van der Waals surface area contributed by atoms with Crippen LogP contribution in [0.2, 0.25) is 0 Å². The normalized spacial score (nSPS) is 19.1. The van der Waals surface area contributed by atoms with Crippen molar-refractivity contribution in [2.45, 2.75) is 0 Å². The molecule has 0 aromatic heterocycles. The van der Waals surface area contributed by atoms with E-state index in [9.17, 15) is 0 Å². The number of hydrazone groups is 1. The fraction of sp³-hybridized carbons (Fsp3) is 0.250. The van der Waals surface area contributed by atoms with Crippen molar-refractivity contribution in [2.24, 2.45) is 5.10 Å². The zero-order chi connectivity index (χ0) is 5.11. The quantitative estimate of drug-likeness (QED) is 0.503. The van der Waals surface area contributed by atoms with Crippen molar-refractivity contribution in [3.63, 3.8) is 0 Å². The molecule has 0 atom stereocenters. The van der Waals surface area contributed by atoms with Gasteiger partial charge >= 0.3 is 0 Å². The molecule has 0 saturated carbocycles. The van der Waals surface area contributed by atoms with E-state index in [-0.39, 0.29) is 0 Å². The van der Waals surface area contributed by atoms with Gasteiger partial charge in [-0.3, -0.25) is 5.43 Å².